The van der Waals surface area contributed by atoms with Gasteiger partial charge in [-0.3, -0.25) is 39.3 Å². The molecule has 1 aliphatic heterocycles. The van der Waals surface area contributed by atoms with E-state index in [0.29, 0.717) is 0 Å². The Kier molecular flexibility index (Phi) is 18.2. The molecular formula is C31H38GdN6O11+. The van der Waals surface area contributed by atoms with Crippen molar-refractivity contribution < 1.29 is 88.9 Å². The number of ether oxygens (including phenoxy) is 1. The number of rotatable bonds is 14. The van der Waals surface area contributed by atoms with Crippen molar-refractivity contribution in [2.75, 3.05) is 85.1 Å². The van der Waals surface area contributed by atoms with Crippen molar-refractivity contribution in [2.45, 2.75) is 6.54 Å². The molecule has 1 heterocycles. The van der Waals surface area contributed by atoms with Crippen LogP contribution in [0.4, 0.5) is 5.69 Å². The van der Waals surface area contributed by atoms with Crippen molar-refractivity contribution in [2.24, 2.45) is 0 Å². The maximum Gasteiger partial charge on any atom is 3.00 e. The van der Waals surface area contributed by atoms with Gasteiger partial charge in [0.25, 0.3) is 5.69 Å². The number of hydrogen-bond acceptors (Lipinski definition) is 14. The summed E-state index contributed by atoms with van der Waals surface area (Å²) in [4.78, 5) is 79.2. The molecule has 2 aromatic rings. The fourth-order valence-electron chi connectivity index (χ4n) is 5.05. The number of benzene rings is 2. The normalized spacial score (nSPS) is 15.5. The molecule has 0 aliphatic carbocycles. The summed E-state index contributed by atoms with van der Waals surface area (Å²) in [6.45, 7) is -0.310. The topological polar surface area (TPSA) is 220 Å². The number of esters is 1. The fraction of sp³-hybridized carbons (Fsp3) is 0.452. The zero-order valence-electron chi connectivity index (χ0n) is 26.7. The summed E-state index contributed by atoms with van der Waals surface area (Å²) in [5, 5.41) is 43.2. The molecule has 1 amide bonds. The van der Waals surface area contributed by atoms with E-state index in [1.807, 2.05) is 0 Å². The first-order valence-electron chi connectivity index (χ1n) is 15.2. The first kappa shape index (κ1) is 41.5. The first-order valence-corrected chi connectivity index (χ1v) is 15.2. The van der Waals surface area contributed by atoms with Gasteiger partial charge in [0.15, 0.2) is 0 Å². The van der Waals surface area contributed by atoms with Gasteiger partial charge < -0.3 is 34.5 Å². The molecule has 1 aliphatic rings. The molecule has 49 heavy (non-hydrogen) atoms. The molecule has 17 nitrogen and oxygen atoms in total. The molecule has 0 saturated carbocycles. The van der Waals surface area contributed by atoms with Gasteiger partial charge >= 0.3 is 51.9 Å². The molecule has 2 aromatic carbocycles. The van der Waals surface area contributed by atoms with Gasteiger partial charge in [-0.05, 0) is 17.7 Å². The molecule has 1 saturated heterocycles. The molecule has 0 spiro atoms. The van der Waals surface area contributed by atoms with Gasteiger partial charge in [0.05, 0.1) is 30.0 Å². The van der Waals surface area contributed by atoms with Crippen LogP contribution in [0.5, 0.6) is 5.75 Å². The third-order valence-electron chi connectivity index (χ3n) is 7.52. The van der Waals surface area contributed by atoms with Gasteiger partial charge in [0.2, 0.25) is 5.91 Å². The van der Waals surface area contributed by atoms with Crippen LogP contribution in [0.2, 0.25) is 0 Å². The van der Waals surface area contributed by atoms with Crippen molar-refractivity contribution in [3.05, 3.63) is 70.3 Å². The molecule has 1 radical (unpaired) electrons. The third-order valence-corrected chi connectivity index (χ3v) is 7.52. The minimum Gasteiger partial charge on any atom is -0.549 e. The number of non-ortho nitro benzene ring substituents is 1. The van der Waals surface area contributed by atoms with E-state index >= 15 is 0 Å². The average molecular weight is 828 g/mol. The van der Waals surface area contributed by atoms with Crippen molar-refractivity contribution in [1.82, 2.24) is 24.5 Å². The number of nitro groups is 1. The predicted octanol–water partition coefficient (Wildman–Crippen LogP) is -2.66. The molecular weight excluding hydrogens is 790 g/mol. The number of carbonyl (C=O) groups is 5. The summed E-state index contributed by atoms with van der Waals surface area (Å²) in [7, 11) is 0. The van der Waals surface area contributed by atoms with Crippen molar-refractivity contribution in [3.8, 4) is 5.75 Å². The van der Waals surface area contributed by atoms with Crippen LogP contribution in [0.25, 0.3) is 0 Å². The Balaban J connectivity index is 0.00000833. The SMILES string of the molecule is O=C([O-])CN1CCN(CC(=O)[O-])CCN(CC(=O)N(CC(=O)Oc2ccc([N+](=O)[O-])cc2)Cc2ccccc2)CCN(CC(=O)O)CC1.[Gd+3]. The molecule has 265 valence electrons. The second-order valence-corrected chi connectivity index (χ2v) is 11.2. The van der Waals surface area contributed by atoms with E-state index in [2.05, 4.69) is 0 Å². The molecule has 0 aromatic heterocycles. The number of carboxylic acids is 3. The summed E-state index contributed by atoms with van der Waals surface area (Å²) >= 11 is 0. The Labute approximate surface area is 314 Å². The van der Waals surface area contributed by atoms with Crippen LogP contribution >= 0.6 is 0 Å². The van der Waals surface area contributed by atoms with Crippen LogP contribution in [0.3, 0.4) is 0 Å². The van der Waals surface area contributed by atoms with Gasteiger partial charge in [-0.25, -0.2) is 4.79 Å². The quantitative estimate of drug-likeness (QED) is 0.0889. The van der Waals surface area contributed by atoms with E-state index in [0.717, 1.165) is 5.56 Å². The van der Waals surface area contributed by atoms with Gasteiger partial charge in [0.1, 0.15) is 12.3 Å². The fourth-order valence-corrected chi connectivity index (χ4v) is 5.05. The molecule has 1 fully saturated rings. The standard InChI is InChI=1S/C31H40N6O11.Gd/c38-27(36(18-24-4-2-1-3-5-24)23-31(45)48-26-8-6-25(7-9-26)37(46)47)19-32-10-12-33(20-28(39)40)14-16-35(22-30(43)44)17-15-34(13-11-32)21-29(41)42;/h1-9H,10-23H2,(H,39,40)(H,41,42)(H,43,44);/q;+3/p-2. The van der Waals surface area contributed by atoms with E-state index in [9.17, 15) is 49.4 Å². The number of nitrogens with zero attached hydrogens (tertiary/aromatic N) is 6. The summed E-state index contributed by atoms with van der Waals surface area (Å²) in [5.41, 5.74) is 0.549. The molecule has 0 bridgehead atoms. The Bertz CT molecular complexity index is 1380. The van der Waals surface area contributed by atoms with Crippen LogP contribution in [0, 0.1) is 50.1 Å². The Morgan fingerprint density at radius 1 is 0.714 bits per heavy atom. The largest absolute Gasteiger partial charge is 3.00 e. The summed E-state index contributed by atoms with van der Waals surface area (Å²) < 4.78 is 5.34. The number of amides is 1. The zero-order valence-corrected chi connectivity index (χ0v) is 28.9. The predicted molar refractivity (Wildman–Crippen MR) is 164 cm³/mol. The molecule has 18 heteroatoms. The van der Waals surface area contributed by atoms with Crippen LogP contribution in [-0.2, 0) is 30.5 Å². The summed E-state index contributed by atoms with van der Waals surface area (Å²) in [6.07, 6.45) is 0. The maximum atomic E-state index is 13.8. The molecule has 0 atom stereocenters. The Morgan fingerprint density at radius 3 is 1.59 bits per heavy atom. The van der Waals surface area contributed by atoms with Gasteiger partial charge in [-0.2, -0.15) is 0 Å². The molecule has 3 rings (SSSR count). The second kappa shape index (κ2) is 21.4. The number of aliphatic carboxylic acids is 3. The monoisotopic (exact) mass is 828 g/mol. The Morgan fingerprint density at radius 2 is 1.16 bits per heavy atom. The minimum atomic E-state index is -1.33. The molecule has 1 N–H and O–H groups in total. The average Bonchev–Trinajstić information content (AvgIpc) is 3.02. The van der Waals surface area contributed by atoms with Crippen molar-refractivity contribution in [1.29, 1.82) is 0 Å². The van der Waals surface area contributed by atoms with Crippen LogP contribution in [0.1, 0.15) is 5.56 Å². The number of carbonyl (C=O) groups excluding carboxylic acids is 4. The Hall–Kier alpha value is -3.65. The van der Waals surface area contributed by atoms with Crippen molar-refractivity contribution >= 4 is 35.5 Å². The smallest absolute Gasteiger partial charge is 0.549 e. The number of hydrogen-bond donors (Lipinski definition) is 1. The minimum absolute atomic E-state index is 0. The molecule has 0 unspecified atom stereocenters. The third kappa shape index (κ3) is 16.1. The van der Waals surface area contributed by atoms with E-state index < -0.39 is 54.3 Å². The number of nitro benzene ring substituents is 1. The maximum absolute atomic E-state index is 13.8. The van der Waals surface area contributed by atoms with Crippen LogP contribution in [0.15, 0.2) is 54.6 Å². The second-order valence-electron chi connectivity index (χ2n) is 11.2. The first-order chi connectivity index (χ1) is 22.9. The van der Waals surface area contributed by atoms with Gasteiger partial charge in [0, 0.05) is 84.1 Å². The van der Waals surface area contributed by atoms with E-state index in [-0.39, 0.29) is 123 Å². The number of carboxylic acid groups (broad SMARTS) is 3. The summed E-state index contributed by atoms with van der Waals surface area (Å²) in [6, 6.07) is 13.8. The van der Waals surface area contributed by atoms with Crippen molar-refractivity contribution in [3.63, 3.8) is 0 Å². The summed E-state index contributed by atoms with van der Waals surface area (Å²) in [5.74, 6) is -4.91. The van der Waals surface area contributed by atoms with E-state index in [1.165, 1.54) is 29.2 Å². The van der Waals surface area contributed by atoms with E-state index in [4.69, 9.17) is 4.74 Å². The van der Waals surface area contributed by atoms with Gasteiger partial charge in [-0.1, -0.05) is 30.3 Å². The van der Waals surface area contributed by atoms with Gasteiger partial charge in [-0.15, -0.1) is 0 Å². The van der Waals surface area contributed by atoms with Crippen LogP contribution < -0.4 is 14.9 Å². The zero-order chi connectivity index (χ0) is 35.1. The van der Waals surface area contributed by atoms with E-state index in [1.54, 1.807) is 49.9 Å². The van der Waals surface area contributed by atoms with Crippen LogP contribution in [-0.4, -0.2) is 149 Å².